The normalized spacial score (nSPS) is 19.5. The third-order valence-electron chi connectivity index (χ3n) is 4.33. The van der Waals surface area contributed by atoms with Gasteiger partial charge in [-0.2, -0.15) is 0 Å². The Labute approximate surface area is 160 Å². The van der Waals surface area contributed by atoms with Crippen LogP contribution in [0, 0.1) is 5.82 Å². The van der Waals surface area contributed by atoms with Crippen molar-refractivity contribution in [3.8, 4) is 0 Å². The molecule has 0 bridgehead atoms. The van der Waals surface area contributed by atoms with E-state index in [2.05, 4.69) is 20.6 Å². The van der Waals surface area contributed by atoms with Crippen LogP contribution in [0.2, 0.25) is 5.02 Å². The third-order valence-corrected chi connectivity index (χ3v) is 4.62. The number of hydrogen-bond acceptors (Lipinski definition) is 6. The lowest BCUT2D eigenvalue weighted by molar-refractivity contribution is -0.145. The highest BCUT2D eigenvalue weighted by atomic mass is 35.5. The van der Waals surface area contributed by atoms with Gasteiger partial charge in [0.1, 0.15) is 30.4 Å². The number of aromatic nitrogens is 2. The van der Waals surface area contributed by atoms with E-state index in [0.717, 1.165) is 25.7 Å². The quantitative estimate of drug-likeness (QED) is 0.656. The maximum atomic E-state index is 13.2. The second kappa shape index (κ2) is 8.96. The number of hydrogen-bond donors (Lipinski definition) is 3. The van der Waals surface area contributed by atoms with Crippen LogP contribution in [-0.4, -0.2) is 39.8 Å². The molecule has 0 aliphatic heterocycles. The molecule has 27 heavy (non-hydrogen) atoms. The summed E-state index contributed by atoms with van der Waals surface area (Å²) in [5.41, 5.74) is 0.627. The molecule has 1 aromatic carbocycles. The zero-order valence-corrected chi connectivity index (χ0v) is 15.2. The lowest BCUT2D eigenvalue weighted by atomic mass is 9.93. The average Bonchev–Trinajstić information content (AvgIpc) is 2.64. The van der Waals surface area contributed by atoms with Crippen molar-refractivity contribution < 1.29 is 19.0 Å². The molecule has 0 radical (unpaired) electrons. The minimum absolute atomic E-state index is 0.00926. The first-order chi connectivity index (χ1) is 13.0. The van der Waals surface area contributed by atoms with Crippen molar-refractivity contribution >= 4 is 34.9 Å². The number of benzene rings is 1. The van der Waals surface area contributed by atoms with E-state index in [4.69, 9.17) is 21.4 Å². The molecule has 0 amide bonds. The molecule has 0 saturated heterocycles. The van der Waals surface area contributed by atoms with Crippen molar-refractivity contribution in [3.05, 3.63) is 41.4 Å². The topological polar surface area (TPSA) is 96.4 Å². The van der Waals surface area contributed by atoms with E-state index in [1.807, 2.05) is 0 Å². The minimum atomic E-state index is -0.946. The minimum Gasteiger partial charge on any atom is -0.480 e. The van der Waals surface area contributed by atoms with E-state index < -0.39 is 11.8 Å². The van der Waals surface area contributed by atoms with Crippen LogP contribution in [0.15, 0.2) is 30.6 Å². The highest BCUT2D eigenvalue weighted by Crippen LogP contribution is 2.25. The van der Waals surface area contributed by atoms with Crippen LogP contribution in [0.5, 0.6) is 0 Å². The molecule has 1 fully saturated rings. The molecule has 3 rings (SSSR count). The molecular formula is C18H20ClFN4O3. The first-order valence-electron chi connectivity index (χ1n) is 8.63. The van der Waals surface area contributed by atoms with Gasteiger partial charge in [-0.05, 0) is 43.9 Å². The molecule has 9 heteroatoms. The molecule has 3 N–H and O–H groups in total. The Balaban J connectivity index is 1.53. The van der Waals surface area contributed by atoms with Gasteiger partial charge in [-0.25, -0.2) is 19.2 Å². The molecule has 1 heterocycles. The van der Waals surface area contributed by atoms with E-state index in [-0.39, 0.29) is 23.8 Å². The maximum Gasteiger partial charge on any atom is 0.329 e. The molecule has 0 spiro atoms. The van der Waals surface area contributed by atoms with E-state index in [0.29, 0.717) is 17.3 Å². The van der Waals surface area contributed by atoms with E-state index in [1.54, 1.807) is 12.1 Å². The molecule has 7 nitrogen and oxygen atoms in total. The fourth-order valence-corrected chi connectivity index (χ4v) is 3.18. The monoisotopic (exact) mass is 394 g/mol. The SMILES string of the molecule is O=C(O)COC1CCC(Nc2cc(Nc3ccc(F)c(Cl)c3)ncn2)CC1. The van der Waals surface area contributed by atoms with Crippen LogP contribution >= 0.6 is 11.6 Å². The molecule has 1 aliphatic rings. The number of ether oxygens (including phenoxy) is 1. The number of anilines is 3. The second-order valence-corrected chi connectivity index (χ2v) is 6.77. The van der Waals surface area contributed by atoms with Crippen LogP contribution in [0.1, 0.15) is 25.7 Å². The van der Waals surface area contributed by atoms with Gasteiger partial charge in [0.15, 0.2) is 0 Å². The Bertz CT molecular complexity index is 800. The zero-order valence-electron chi connectivity index (χ0n) is 14.5. The number of rotatable bonds is 7. The molecule has 0 unspecified atom stereocenters. The Morgan fingerprint density at radius 3 is 2.67 bits per heavy atom. The summed E-state index contributed by atoms with van der Waals surface area (Å²) in [5, 5.41) is 15.1. The van der Waals surface area contributed by atoms with Crippen molar-refractivity contribution in [2.75, 3.05) is 17.2 Å². The fourth-order valence-electron chi connectivity index (χ4n) is 3.00. The van der Waals surface area contributed by atoms with E-state index in [9.17, 15) is 9.18 Å². The van der Waals surface area contributed by atoms with Gasteiger partial charge in [0, 0.05) is 17.8 Å². The summed E-state index contributed by atoms with van der Waals surface area (Å²) in [6, 6.07) is 6.36. The fraction of sp³-hybridized carbons (Fsp3) is 0.389. The summed E-state index contributed by atoms with van der Waals surface area (Å²) in [4.78, 5) is 18.9. The van der Waals surface area contributed by atoms with Gasteiger partial charge in [-0.1, -0.05) is 11.6 Å². The predicted molar refractivity (Wildman–Crippen MR) is 100.0 cm³/mol. The van der Waals surface area contributed by atoms with Gasteiger partial charge < -0.3 is 20.5 Å². The third kappa shape index (κ3) is 5.77. The molecule has 0 atom stereocenters. The predicted octanol–water partition coefficient (Wildman–Crippen LogP) is 3.84. The van der Waals surface area contributed by atoms with Crippen LogP contribution in [-0.2, 0) is 9.53 Å². The molecular weight excluding hydrogens is 375 g/mol. The number of carboxylic acids is 1. The summed E-state index contributed by atoms with van der Waals surface area (Å²) in [6.07, 6.45) is 4.77. The van der Waals surface area contributed by atoms with Gasteiger partial charge in [-0.15, -0.1) is 0 Å². The summed E-state index contributed by atoms with van der Waals surface area (Å²) >= 11 is 5.79. The summed E-state index contributed by atoms with van der Waals surface area (Å²) in [6.45, 7) is -0.253. The first kappa shape index (κ1) is 19.3. The number of nitrogens with zero attached hydrogens (tertiary/aromatic N) is 2. The Morgan fingerprint density at radius 2 is 1.96 bits per heavy atom. The number of aliphatic carboxylic acids is 1. The largest absolute Gasteiger partial charge is 0.480 e. The lowest BCUT2D eigenvalue weighted by Gasteiger charge is -2.29. The maximum absolute atomic E-state index is 13.2. The Kier molecular flexibility index (Phi) is 6.41. The van der Waals surface area contributed by atoms with Gasteiger partial charge in [0.05, 0.1) is 11.1 Å². The number of nitrogens with one attached hydrogen (secondary N) is 2. The first-order valence-corrected chi connectivity index (χ1v) is 9.01. The number of carboxylic acid groups (broad SMARTS) is 1. The van der Waals surface area contributed by atoms with Crippen LogP contribution in [0.4, 0.5) is 21.7 Å². The molecule has 1 aliphatic carbocycles. The van der Waals surface area contributed by atoms with Crippen molar-refractivity contribution in [1.29, 1.82) is 0 Å². The van der Waals surface area contributed by atoms with Crippen LogP contribution in [0.3, 0.4) is 0 Å². The highest BCUT2D eigenvalue weighted by Gasteiger charge is 2.22. The van der Waals surface area contributed by atoms with Gasteiger partial charge in [0.2, 0.25) is 0 Å². The molecule has 2 aromatic rings. The van der Waals surface area contributed by atoms with Gasteiger partial charge >= 0.3 is 5.97 Å². The second-order valence-electron chi connectivity index (χ2n) is 6.37. The molecule has 1 aromatic heterocycles. The number of halogens is 2. The summed E-state index contributed by atoms with van der Waals surface area (Å²) in [5.74, 6) is -0.182. The highest BCUT2D eigenvalue weighted by molar-refractivity contribution is 6.31. The zero-order chi connectivity index (χ0) is 19.2. The van der Waals surface area contributed by atoms with Gasteiger partial charge in [-0.3, -0.25) is 0 Å². The van der Waals surface area contributed by atoms with Crippen LogP contribution < -0.4 is 10.6 Å². The van der Waals surface area contributed by atoms with Crippen molar-refractivity contribution in [2.45, 2.75) is 37.8 Å². The number of carbonyl (C=O) groups is 1. The molecule has 144 valence electrons. The Hall–Kier alpha value is -2.45. The molecule has 1 saturated carbocycles. The average molecular weight is 395 g/mol. The smallest absolute Gasteiger partial charge is 0.329 e. The summed E-state index contributed by atoms with van der Waals surface area (Å²) in [7, 11) is 0. The lowest BCUT2D eigenvalue weighted by Crippen LogP contribution is -2.31. The van der Waals surface area contributed by atoms with Gasteiger partial charge in [0.25, 0.3) is 0 Å². The van der Waals surface area contributed by atoms with Crippen molar-refractivity contribution in [1.82, 2.24) is 9.97 Å². The Morgan fingerprint density at radius 1 is 1.22 bits per heavy atom. The van der Waals surface area contributed by atoms with E-state index in [1.165, 1.54) is 18.5 Å². The van der Waals surface area contributed by atoms with E-state index >= 15 is 0 Å². The standard InChI is InChI=1S/C18H20ClFN4O3/c19-14-7-12(3-6-15(14)20)24-17-8-16(21-10-22-17)23-11-1-4-13(5-2-11)27-9-18(25)26/h3,6-8,10-11,13H,1-2,4-5,9H2,(H,25,26)(H2,21,22,23,24). The summed E-state index contributed by atoms with van der Waals surface area (Å²) < 4.78 is 18.6. The van der Waals surface area contributed by atoms with Crippen LogP contribution in [0.25, 0.3) is 0 Å². The van der Waals surface area contributed by atoms with Crippen molar-refractivity contribution in [3.63, 3.8) is 0 Å². The van der Waals surface area contributed by atoms with Crippen molar-refractivity contribution in [2.24, 2.45) is 0 Å².